The van der Waals surface area contributed by atoms with Crippen molar-refractivity contribution >= 4 is 5.97 Å². The van der Waals surface area contributed by atoms with Crippen LogP contribution in [0.4, 0.5) is 0 Å². The van der Waals surface area contributed by atoms with E-state index in [1.165, 1.54) is 0 Å². The number of rotatable bonds is 0. The first-order valence-electron chi connectivity index (χ1n) is 4.80. The fourth-order valence-corrected chi connectivity index (χ4v) is 2.30. The second-order valence-corrected chi connectivity index (χ2v) is 3.85. The summed E-state index contributed by atoms with van der Waals surface area (Å²) in [5, 5.41) is 0. The van der Waals surface area contributed by atoms with Crippen molar-refractivity contribution in [3.05, 3.63) is 42.0 Å². The molecule has 2 aliphatic rings. The first kappa shape index (κ1) is 7.80. The molecule has 2 nitrogen and oxygen atoms in total. The minimum absolute atomic E-state index is 0.0938. The highest BCUT2D eigenvalue weighted by Crippen LogP contribution is 2.47. The Labute approximate surface area is 82.2 Å². The van der Waals surface area contributed by atoms with Crippen LogP contribution in [0.2, 0.25) is 0 Å². The van der Waals surface area contributed by atoms with Crippen molar-refractivity contribution in [2.75, 3.05) is 0 Å². The number of hydrogen-bond donors (Lipinski definition) is 0. The maximum Gasteiger partial charge on any atom is 0.322 e. The molecule has 0 bridgehead atoms. The average Bonchev–Trinajstić information content (AvgIpc) is 2.77. The van der Waals surface area contributed by atoms with Gasteiger partial charge in [0.2, 0.25) is 0 Å². The summed E-state index contributed by atoms with van der Waals surface area (Å²) >= 11 is 0. The Kier molecular flexibility index (Phi) is 1.38. The zero-order valence-corrected chi connectivity index (χ0v) is 7.69. The second-order valence-electron chi connectivity index (χ2n) is 3.85. The van der Waals surface area contributed by atoms with Crippen LogP contribution in [0.25, 0.3) is 0 Å². The van der Waals surface area contributed by atoms with E-state index in [1.54, 1.807) is 0 Å². The Morgan fingerprint density at radius 3 is 2.64 bits per heavy atom. The number of esters is 1. The van der Waals surface area contributed by atoms with Crippen LogP contribution in [0.1, 0.15) is 18.4 Å². The van der Waals surface area contributed by atoms with Crippen molar-refractivity contribution in [1.82, 2.24) is 0 Å². The van der Waals surface area contributed by atoms with Crippen LogP contribution in [-0.2, 0) is 10.2 Å². The maximum atomic E-state index is 11.8. The molecule has 1 spiro atoms. The van der Waals surface area contributed by atoms with Crippen molar-refractivity contribution in [3.8, 4) is 5.75 Å². The molecule has 0 atom stereocenters. The van der Waals surface area contributed by atoms with Gasteiger partial charge in [-0.25, -0.2) is 0 Å². The summed E-state index contributed by atoms with van der Waals surface area (Å²) in [6.07, 6.45) is 5.68. The zero-order chi connectivity index (χ0) is 9.60. The van der Waals surface area contributed by atoms with Crippen molar-refractivity contribution < 1.29 is 9.53 Å². The molecule has 1 aliphatic heterocycles. The molecule has 0 aromatic heterocycles. The molecule has 1 aromatic carbocycles. The Morgan fingerprint density at radius 2 is 1.86 bits per heavy atom. The van der Waals surface area contributed by atoms with E-state index >= 15 is 0 Å². The number of carbonyl (C=O) groups excluding carboxylic acids is 1. The van der Waals surface area contributed by atoms with Gasteiger partial charge in [0.15, 0.2) is 0 Å². The van der Waals surface area contributed by atoms with Gasteiger partial charge < -0.3 is 4.74 Å². The summed E-state index contributed by atoms with van der Waals surface area (Å²) in [4.78, 5) is 11.8. The molecule has 70 valence electrons. The smallest absolute Gasteiger partial charge is 0.322 e. The van der Waals surface area contributed by atoms with Gasteiger partial charge in [-0.15, -0.1) is 0 Å². The van der Waals surface area contributed by atoms with Crippen molar-refractivity contribution in [3.63, 3.8) is 0 Å². The van der Waals surface area contributed by atoms with Crippen LogP contribution in [0.5, 0.6) is 5.75 Å². The lowest BCUT2D eigenvalue weighted by atomic mass is 9.80. The Balaban J connectivity index is 2.19. The first-order valence-corrected chi connectivity index (χ1v) is 4.80. The average molecular weight is 186 g/mol. The van der Waals surface area contributed by atoms with Crippen LogP contribution >= 0.6 is 0 Å². The molecule has 1 aromatic rings. The third-order valence-electron chi connectivity index (χ3n) is 3.10. The topological polar surface area (TPSA) is 26.3 Å². The van der Waals surface area contributed by atoms with Gasteiger partial charge >= 0.3 is 5.97 Å². The van der Waals surface area contributed by atoms with Crippen LogP contribution < -0.4 is 4.74 Å². The third kappa shape index (κ3) is 0.782. The number of para-hydroxylation sites is 1. The van der Waals surface area contributed by atoms with Crippen LogP contribution in [-0.4, -0.2) is 5.97 Å². The van der Waals surface area contributed by atoms with E-state index < -0.39 is 5.41 Å². The zero-order valence-electron chi connectivity index (χ0n) is 7.69. The van der Waals surface area contributed by atoms with E-state index in [9.17, 15) is 4.79 Å². The van der Waals surface area contributed by atoms with Crippen molar-refractivity contribution in [2.45, 2.75) is 18.3 Å². The predicted octanol–water partition coefficient (Wildman–Crippen LogP) is 2.19. The van der Waals surface area contributed by atoms with Gasteiger partial charge in [-0.2, -0.15) is 0 Å². The molecule has 0 saturated carbocycles. The molecule has 0 radical (unpaired) electrons. The lowest BCUT2D eigenvalue weighted by Gasteiger charge is -2.18. The fraction of sp³-hybridized carbons (Fsp3) is 0.250. The molecule has 0 fully saturated rings. The summed E-state index contributed by atoms with van der Waals surface area (Å²) in [5.41, 5.74) is 0.659. The summed E-state index contributed by atoms with van der Waals surface area (Å²) in [6, 6.07) is 7.71. The molecule has 0 N–H and O–H groups in total. The number of hydrogen-bond acceptors (Lipinski definition) is 2. The van der Waals surface area contributed by atoms with Gasteiger partial charge in [-0.3, -0.25) is 4.79 Å². The lowest BCUT2D eigenvalue weighted by Crippen LogP contribution is -2.30. The van der Waals surface area contributed by atoms with E-state index in [4.69, 9.17) is 4.74 Å². The molecular formula is C12H10O2. The van der Waals surface area contributed by atoms with Crippen molar-refractivity contribution in [1.29, 1.82) is 0 Å². The first-order chi connectivity index (χ1) is 6.83. The standard InChI is InChI=1S/C12H10O2/c13-11-12(7-3-4-8-12)9-5-1-2-6-10(9)14-11/h1-6H,7-8H2. The molecule has 2 heteroatoms. The summed E-state index contributed by atoms with van der Waals surface area (Å²) in [7, 11) is 0. The number of carbonyl (C=O) groups is 1. The van der Waals surface area contributed by atoms with E-state index in [0.717, 1.165) is 24.2 Å². The van der Waals surface area contributed by atoms with E-state index in [0.29, 0.717) is 0 Å². The number of benzene rings is 1. The monoisotopic (exact) mass is 186 g/mol. The quantitative estimate of drug-likeness (QED) is 0.352. The molecule has 0 unspecified atom stereocenters. The number of ether oxygens (including phenoxy) is 1. The van der Waals surface area contributed by atoms with Crippen LogP contribution in [0.3, 0.4) is 0 Å². The lowest BCUT2D eigenvalue weighted by molar-refractivity contribution is -0.137. The van der Waals surface area contributed by atoms with Gasteiger partial charge in [-0.1, -0.05) is 30.4 Å². The molecule has 14 heavy (non-hydrogen) atoms. The Morgan fingerprint density at radius 1 is 1.14 bits per heavy atom. The van der Waals surface area contributed by atoms with Crippen LogP contribution in [0, 0.1) is 0 Å². The van der Waals surface area contributed by atoms with E-state index in [1.807, 2.05) is 24.3 Å². The molecule has 0 amide bonds. The summed E-state index contributed by atoms with van der Waals surface area (Å²) < 4.78 is 5.27. The fourth-order valence-electron chi connectivity index (χ4n) is 2.30. The van der Waals surface area contributed by atoms with Gasteiger partial charge in [0.05, 0.1) is 0 Å². The molecule has 1 heterocycles. The number of fused-ring (bicyclic) bond motifs is 2. The molecule has 1 aliphatic carbocycles. The summed E-state index contributed by atoms with van der Waals surface area (Å²) in [5.74, 6) is 0.643. The Bertz CT molecular complexity index is 424. The highest BCUT2D eigenvalue weighted by Gasteiger charge is 2.48. The minimum atomic E-state index is -0.392. The normalized spacial score (nSPS) is 21.3. The SMILES string of the molecule is O=C1Oc2ccccc2C12CC=CC2. The highest BCUT2D eigenvalue weighted by molar-refractivity contribution is 5.91. The third-order valence-corrected chi connectivity index (χ3v) is 3.10. The second kappa shape index (κ2) is 2.47. The van der Waals surface area contributed by atoms with Gasteiger partial charge in [-0.05, 0) is 18.9 Å². The van der Waals surface area contributed by atoms with Gasteiger partial charge in [0.1, 0.15) is 11.2 Å². The number of allylic oxidation sites excluding steroid dienone is 2. The highest BCUT2D eigenvalue weighted by atomic mass is 16.5. The predicted molar refractivity (Wildman–Crippen MR) is 52.1 cm³/mol. The molecular weight excluding hydrogens is 176 g/mol. The summed E-state index contributed by atoms with van der Waals surface area (Å²) in [6.45, 7) is 0. The maximum absolute atomic E-state index is 11.8. The van der Waals surface area contributed by atoms with Gasteiger partial charge in [0, 0.05) is 5.56 Å². The van der Waals surface area contributed by atoms with Crippen molar-refractivity contribution in [2.24, 2.45) is 0 Å². The molecule has 0 saturated heterocycles. The Hall–Kier alpha value is -1.57. The molecule has 3 rings (SSSR count). The van der Waals surface area contributed by atoms with Gasteiger partial charge in [0.25, 0.3) is 0 Å². The van der Waals surface area contributed by atoms with Crippen LogP contribution in [0.15, 0.2) is 36.4 Å². The minimum Gasteiger partial charge on any atom is -0.426 e. The van der Waals surface area contributed by atoms with E-state index in [-0.39, 0.29) is 5.97 Å². The largest absolute Gasteiger partial charge is 0.426 e. The van der Waals surface area contributed by atoms with E-state index in [2.05, 4.69) is 12.2 Å².